The smallest absolute Gasteiger partial charge is 0.203 e. The highest BCUT2D eigenvalue weighted by atomic mass is 16.5. The summed E-state index contributed by atoms with van der Waals surface area (Å²) in [6.45, 7) is 2.15. The number of nitrogens with zero attached hydrogens (tertiary/aromatic N) is 1. The van der Waals surface area contributed by atoms with Crippen molar-refractivity contribution in [3.05, 3.63) is 76.9 Å². The number of hydrogen-bond donors (Lipinski definition) is 1. The summed E-state index contributed by atoms with van der Waals surface area (Å²) in [5.41, 5.74) is 4.13. The van der Waals surface area contributed by atoms with E-state index in [2.05, 4.69) is 30.0 Å². The number of rotatable bonds is 9. The van der Waals surface area contributed by atoms with Gasteiger partial charge in [-0.15, -0.1) is 0 Å². The summed E-state index contributed by atoms with van der Waals surface area (Å²) in [5.74, 6) is 2.99. The lowest BCUT2D eigenvalue weighted by Gasteiger charge is -2.47. The summed E-state index contributed by atoms with van der Waals surface area (Å²) in [6, 6.07) is 17.6. The number of hydrogen-bond acceptors (Lipinski definition) is 7. The molecule has 0 saturated carbocycles. The van der Waals surface area contributed by atoms with E-state index >= 15 is 0 Å². The summed E-state index contributed by atoms with van der Waals surface area (Å²) in [7, 11) is 8.12. The highest BCUT2D eigenvalue weighted by Crippen LogP contribution is 2.51. The van der Waals surface area contributed by atoms with Gasteiger partial charge in [0.05, 0.1) is 54.2 Å². The van der Waals surface area contributed by atoms with Gasteiger partial charge in [0.1, 0.15) is 0 Å². The molecule has 0 radical (unpaired) electrons. The summed E-state index contributed by atoms with van der Waals surface area (Å²) in [5, 5.41) is 10.7. The second-order valence-corrected chi connectivity index (χ2v) is 8.84. The van der Waals surface area contributed by atoms with Gasteiger partial charge in [-0.1, -0.05) is 36.4 Å². The molecule has 0 saturated heterocycles. The van der Waals surface area contributed by atoms with Crippen LogP contribution in [0.3, 0.4) is 0 Å². The van der Waals surface area contributed by atoms with Crippen molar-refractivity contribution in [1.29, 1.82) is 0 Å². The maximum Gasteiger partial charge on any atom is 0.203 e. The zero-order valence-electron chi connectivity index (χ0n) is 21.8. The highest BCUT2D eigenvalue weighted by Gasteiger charge is 2.41. The zero-order valence-corrected chi connectivity index (χ0v) is 21.8. The molecule has 0 aromatic heterocycles. The third-order valence-electron chi connectivity index (χ3n) is 6.99. The Bertz CT molecular complexity index is 1160. The fraction of sp³-hybridized carbons (Fsp3) is 0.379. The maximum absolute atomic E-state index is 10.7. The molecular weight excluding hydrogens is 458 g/mol. The van der Waals surface area contributed by atoms with E-state index in [1.807, 2.05) is 36.4 Å². The van der Waals surface area contributed by atoms with Gasteiger partial charge in [0.25, 0.3) is 0 Å². The lowest BCUT2D eigenvalue weighted by molar-refractivity contribution is 0.0510. The predicted octanol–water partition coefficient (Wildman–Crippen LogP) is 4.80. The summed E-state index contributed by atoms with van der Waals surface area (Å²) >= 11 is 0. The Balaban J connectivity index is 2.03. The normalized spacial score (nSPS) is 18.2. The number of aliphatic hydroxyl groups excluding tert-OH is 1. The van der Waals surface area contributed by atoms with E-state index in [9.17, 15) is 5.11 Å². The first-order chi connectivity index (χ1) is 17.5. The van der Waals surface area contributed by atoms with Gasteiger partial charge in [0, 0.05) is 11.6 Å². The molecule has 3 aromatic rings. The number of aliphatic hydroxyl groups is 1. The predicted molar refractivity (Wildman–Crippen MR) is 139 cm³/mol. The van der Waals surface area contributed by atoms with Crippen molar-refractivity contribution in [2.45, 2.75) is 31.5 Å². The van der Waals surface area contributed by atoms with Crippen LogP contribution < -0.4 is 23.7 Å². The molecule has 192 valence electrons. The van der Waals surface area contributed by atoms with Crippen molar-refractivity contribution in [2.24, 2.45) is 0 Å². The van der Waals surface area contributed by atoms with Crippen LogP contribution in [-0.4, -0.2) is 58.2 Å². The molecule has 36 heavy (non-hydrogen) atoms. The largest absolute Gasteiger partial charge is 0.493 e. The van der Waals surface area contributed by atoms with Gasteiger partial charge < -0.3 is 28.8 Å². The van der Waals surface area contributed by atoms with Crippen LogP contribution in [0, 0.1) is 0 Å². The number of fused-ring (bicyclic) bond motifs is 1. The first-order valence-corrected chi connectivity index (χ1v) is 12.0. The van der Waals surface area contributed by atoms with Gasteiger partial charge in [0.15, 0.2) is 23.0 Å². The zero-order chi connectivity index (χ0) is 25.8. The van der Waals surface area contributed by atoms with Crippen LogP contribution in [0.15, 0.2) is 54.6 Å². The quantitative estimate of drug-likeness (QED) is 0.459. The summed E-state index contributed by atoms with van der Waals surface area (Å²) in [4.78, 5) is 2.35. The van der Waals surface area contributed by atoms with Crippen molar-refractivity contribution in [1.82, 2.24) is 4.90 Å². The topological polar surface area (TPSA) is 69.6 Å². The average Bonchev–Trinajstić information content (AvgIpc) is 2.92. The first kappa shape index (κ1) is 25.7. The van der Waals surface area contributed by atoms with Crippen LogP contribution in [-0.2, 0) is 6.42 Å². The molecule has 0 bridgehead atoms. The van der Waals surface area contributed by atoms with Gasteiger partial charge in [-0.3, -0.25) is 4.90 Å². The van der Waals surface area contributed by atoms with Crippen molar-refractivity contribution in [2.75, 3.05) is 42.2 Å². The van der Waals surface area contributed by atoms with E-state index in [1.165, 1.54) is 5.56 Å². The van der Waals surface area contributed by atoms with Gasteiger partial charge in [-0.05, 0) is 48.2 Å². The molecule has 7 nitrogen and oxygen atoms in total. The minimum atomic E-state index is -0.292. The van der Waals surface area contributed by atoms with Gasteiger partial charge in [0.2, 0.25) is 5.75 Å². The Hall–Kier alpha value is -3.42. The summed E-state index contributed by atoms with van der Waals surface area (Å²) < 4.78 is 28.6. The van der Waals surface area contributed by atoms with Crippen molar-refractivity contribution >= 4 is 0 Å². The Morgan fingerprint density at radius 3 is 1.94 bits per heavy atom. The second-order valence-electron chi connectivity index (χ2n) is 8.84. The van der Waals surface area contributed by atoms with Crippen LogP contribution in [0.5, 0.6) is 28.7 Å². The van der Waals surface area contributed by atoms with E-state index in [4.69, 9.17) is 23.7 Å². The minimum Gasteiger partial charge on any atom is -0.493 e. The second kappa shape index (κ2) is 11.1. The van der Waals surface area contributed by atoms with Crippen molar-refractivity contribution < 1.29 is 28.8 Å². The SMILES string of the molecule is COc1cc([C@H]2c3c(ccc(OC)c3OC)C[C@@H](C)N2[C@@H](CO)c2ccccc2)cc(OC)c1OC. The third-order valence-corrected chi connectivity index (χ3v) is 6.99. The van der Waals surface area contributed by atoms with E-state index in [0.717, 1.165) is 23.1 Å². The highest BCUT2D eigenvalue weighted by molar-refractivity contribution is 5.60. The van der Waals surface area contributed by atoms with Crippen LogP contribution in [0.25, 0.3) is 0 Å². The van der Waals surface area contributed by atoms with Crippen LogP contribution in [0.1, 0.15) is 41.3 Å². The third kappa shape index (κ3) is 4.45. The number of ether oxygens (including phenoxy) is 5. The molecule has 0 spiro atoms. The minimum absolute atomic E-state index is 0.0447. The Labute approximate surface area is 213 Å². The molecule has 4 rings (SSSR count). The molecule has 3 atom stereocenters. The van der Waals surface area contributed by atoms with Crippen LogP contribution in [0.4, 0.5) is 0 Å². The number of benzene rings is 3. The molecule has 0 fully saturated rings. The monoisotopic (exact) mass is 493 g/mol. The Morgan fingerprint density at radius 2 is 1.42 bits per heavy atom. The van der Waals surface area contributed by atoms with Crippen molar-refractivity contribution in [3.63, 3.8) is 0 Å². The van der Waals surface area contributed by atoms with Gasteiger partial charge >= 0.3 is 0 Å². The molecule has 0 unspecified atom stereocenters. The lowest BCUT2D eigenvalue weighted by Crippen LogP contribution is -2.46. The van der Waals surface area contributed by atoms with Crippen LogP contribution in [0.2, 0.25) is 0 Å². The van der Waals surface area contributed by atoms with Gasteiger partial charge in [-0.2, -0.15) is 0 Å². The molecule has 1 N–H and O–H groups in total. The van der Waals surface area contributed by atoms with E-state index in [1.54, 1.807) is 35.5 Å². The molecule has 1 aliphatic rings. The summed E-state index contributed by atoms with van der Waals surface area (Å²) in [6.07, 6.45) is 0.792. The standard InChI is InChI=1S/C29H35NO6/c1-18-14-20-12-13-23(32-2)29(36-6)26(20)27(30(18)22(17-31)19-10-8-7-9-11-19)21-15-24(33-3)28(35-5)25(16-21)34-4/h7-13,15-16,18,22,27,31H,14,17H2,1-6H3/t18-,22+,27+/m1/s1. The molecule has 3 aromatic carbocycles. The van der Waals surface area contributed by atoms with Crippen molar-refractivity contribution in [3.8, 4) is 28.7 Å². The van der Waals surface area contributed by atoms with Crippen LogP contribution >= 0.6 is 0 Å². The van der Waals surface area contributed by atoms with E-state index in [0.29, 0.717) is 28.7 Å². The molecular formula is C29H35NO6. The fourth-order valence-electron chi connectivity index (χ4n) is 5.43. The molecule has 0 aliphatic carbocycles. The first-order valence-electron chi connectivity index (χ1n) is 12.0. The fourth-order valence-corrected chi connectivity index (χ4v) is 5.43. The molecule has 1 heterocycles. The van der Waals surface area contributed by atoms with Gasteiger partial charge in [-0.25, -0.2) is 0 Å². The maximum atomic E-state index is 10.7. The number of methoxy groups -OCH3 is 5. The molecule has 0 amide bonds. The Kier molecular flexibility index (Phi) is 7.91. The average molecular weight is 494 g/mol. The van der Waals surface area contributed by atoms with E-state index in [-0.39, 0.29) is 24.7 Å². The lowest BCUT2D eigenvalue weighted by atomic mass is 9.82. The molecule has 1 aliphatic heterocycles. The van der Waals surface area contributed by atoms with E-state index < -0.39 is 0 Å². The molecule has 7 heteroatoms. The Morgan fingerprint density at radius 1 is 0.806 bits per heavy atom.